The first kappa shape index (κ1) is 15.2. The molecule has 0 aromatic heterocycles. The number of thiocarbonyl (C=S) groups is 1. The van der Waals surface area contributed by atoms with Crippen molar-refractivity contribution in [1.82, 2.24) is 9.62 Å². The molecule has 5 nitrogen and oxygen atoms in total. The Balaban J connectivity index is 1.80. The standard InChI is InChI=1S/C12H23N3O2S2/c13-12(18)9-15-7-5-10(6-8-15)14-19(16,17)11-3-1-2-4-11/h10-11,14H,1-9H2,(H2,13,18). The summed E-state index contributed by atoms with van der Waals surface area (Å²) in [6, 6.07) is 0.0770. The number of nitrogens with one attached hydrogen (secondary N) is 1. The highest BCUT2D eigenvalue weighted by atomic mass is 32.2. The van der Waals surface area contributed by atoms with Crippen LogP contribution in [0.2, 0.25) is 0 Å². The lowest BCUT2D eigenvalue weighted by molar-refractivity contribution is 0.232. The van der Waals surface area contributed by atoms with Crippen LogP contribution in [-0.2, 0) is 10.0 Å². The number of rotatable bonds is 5. The van der Waals surface area contributed by atoms with Gasteiger partial charge in [-0.15, -0.1) is 0 Å². The van der Waals surface area contributed by atoms with Crippen LogP contribution in [0.25, 0.3) is 0 Å². The van der Waals surface area contributed by atoms with Gasteiger partial charge in [-0.1, -0.05) is 25.1 Å². The topological polar surface area (TPSA) is 75.4 Å². The Labute approximate surface area is 121 Å². The van der Waals surface area contributed by atoms with Crippen LogP contribution >= 0.6 is 12.2 Å². The van der Waals surface area contributed by atoms with Crippen LogP contribution in [0.15, 0.2) is 0 Å². The second-order valence-electron chi connectivity index (χ2n) is 5.59. The van der Waals surface area contributed by atoms with Crippen molar-refractivity contribution >= 4 is 27.2 Å². The summed E-state index contributed by atoms with van der Waals surface area (Å²) < 4.78 is 27.3. The molecule has 7 heteroatoms. The SMILES string of the molecule is NC(=S)CN1CCC(NS(=O)(=O)C2CCCC2)CC1. The number of likely N-dealkylation sites (tertiary alicyclic amines) is 1. The highest BCUT2D eigenvalue weighted by Crippen LogP contribution is 2.25. The normalized spacial score (nSPS) is 23.8. The zero-order valence-electron chi connectivity index (χ0n) is 11.2. The molecule has 0 unspecified atom stereocenters. The van der Waals surface area contributed by atoms with E-state index in [4.69, 9.17) is 18.0 Å². The summed E-state index contributed by atoms with van der Waals surface area (Å²) in [5.74, 6) is 0. The minimum absolute atomic E-state index is 0.0770. The minimum Gasteiger partial charge on any atom is -0.392 e. The van der Waals surface area contributed by atoms with Crippen molar-refractivity contribution in [1.29, 1.82) is 0 Å². The maximum Gasteiger partial charge on any atom is 0.214 e. The van der Waals surface area contributed by atoms with Crippen LogP contribution in [0.4, 0.5) is 0 Å². The third-order valence-electron chi connectivity index (χ3n) is 4.04. The van der Waals surface area contributed by atoms with Crippen LogP contribution in [0, 0.1) is 0 Å². The molecule has 0 bridgehead atoms. The van der Waals surface area contributed by atoms with Crippen molar-refractivity contribution < 1.29 is 8.42 Å². The molecular formula is C12H23N3O2S2. The van der Waals surface area contributed by atoms with Gasteiger partial charge >= 0.3 is 0 Å². The van der Waals surface area contributed by atoms with E-state index in [1.807, 2.05) is 0 Å². The van der Waals surface area contributed by atoms with Gasteiger partial charge in [0.15, 0.2) is 0 Å². The number of hydrogen-bond donors (Lipinski definition) is 2. The number of piperidine rings is 1. The summed E-state index contributed by atoms with van der Waals surface area (Å²) in [5.41, 5.74) is 5.52. The smallest absolute Gasteiger partial charge is 0.214 e. The van der Waals surface area contributed by atoms with E-state index in [1.54, 1.807) is 0 Å². The third kappa shape index (κ3) is 4.37. The number of nitrogens with two attached hydrogens (primary N) is 1. The summed E-state index contributed by atoms with van der Waals surface area (Å²) in [6.07, 6.45) is 5.39. The summed E-state index contributed by atoms with van der Waals surface area (Å²) in [4.78, 5) is 2.69. The Morgan fingerprint density at radius 3 is 2.32 bits per heavy atom. The van der Waals surface area contributed by atoms with Crippen molar-refractivity contribution in [3.05, 3.63) is 0 Å². The largest absolute Gasteiger partial charge is 0.392 e. The van der Waals surface area contributed by atoms with Crippen molar-refractivity contribution in [3.8, 4) is 0 Å². The fraction of sp³-hybridized carbons (Fsp3) is 0.917. The Morgan fingerprint density at radius 1 is 1.21 bits per heavy atom. The summed E-state index contributed by atoms with van der Waals surface area (Å²) >= 11 is 4.89. The summed E-state index contributed by atoms with van der Waals surface area (Å²) in [5, 5.41) is -0.165. The van der Waals surface area contributed by atoms with E-state index in [0.717, 1.165) is 51.6 Å². The van der Waals surface area contributed by atoms with Gasteiger partial charge in [-0.3, -0.25) is 4.90 Å². The van der Waals surface area contributed by atoms with Crippen LogP contribution < -0.4 is 10.5 Å². The van der Waals surface area contributed by atoms with Gasteiger partial charge in [0.05, 0.1) is 10.2 Å². The number of sulfonamides is 1. The molecule has 0 atom stereocenters. The molecule has 1 aliphatic heterocycles. The molecule has 0 aromatic rings. The van der Waals surface area contributed by atoms with Crippen molar-refractivity contribution in [2.75, 3.05) is 19.6 Å². The number of hydrogen-bond acceptors (Lipinski definition) is 4. The molecular weight excluding hydrogens is 282 g/mol. The second kappa shape index (κ2) is 6.47. The zero-order valence-corrected chi connectivity index (χ0v) is 12.8. The van der Waals surface area contributed by atoms with Gasteiger partial charge in [0.2, 0.25) is 10.0 Å². The molecule has 19 heavy (non-hydrogen) atoms. The Bertz CT molecular complexity index is 411. The lowest BCUT2D eigenvalue weighted by atomic mass is 10.1. The lowest BCUT2D eigenvalue weighted by Crippen LogP contribution is -2.48. The average Bonchev–Trinajstić information content (AvgIpc) is 2.85. The van der Waals surface area contributed by atoms with E-state index in [-0.39, 0.29) is 11.3 Å². The fourth-order valence-corrected chi connectivity index (χ4v) is 4.99. The molecule has 3 N–H and O–H groups in total. The molecule has 1 saturated heterocycles. The highest BCUT2D eigenvalue weighted by molar-refractivity contribution is 7.90. The van der Waals surface area contributed by atoms with Crippen molar-refractivity contribution in [3.63, 3.8) is 0 Å². The van der Waals surface area contributed by atoms with Crippen molar-refractivity contribution in [2.45, 2.75) is 49.8 Å². The maximum absolute atomic E-state index is 12.2. The summed E-state index contributed by atoms with van der Waals surface area (Å²) in [6.45, 7) is 2.35. The highest BCUT2D eigenvalue weighted by Gasteiger charge is 2.31. The average molecular weight is 305 g/mol. The van der Waals surface area contributed by atoms with Crippen molar-refractivity contribution in [2.24, 2.45) is 5.73 Å². The van der Waals surface area contributed by atoms with Crippen LogP contribution in [0.5, 0.6) is 0 Å². The third-order valence-corrected chi connectivity index (χ3v) is 6.18. The first-order valence-corrected chi connectivity index (χ1v) is 8.94. The molecule has 1 heterocycles. The molecule has 2 aliphatic rings. The Kier molecular flexibility index (Phi) is 5.16. The minimum atomic E-state index is -3.12. The van der Waals surface area contributed by atoms with Crippen LogP contribution in [-0.4, -0.2) is 49.2 Å². The van der Waals surface area contributed by atoms with E-state index in [9.17, 15) is 8.42 Å². The molecule has 1 saturated carbocycles. The van der Waals surface area contributed by atoms with E-state index < -0.39 is 10.0 Å². The summed E-state index contributed by atoms with van der Waals surface area (Å²) in [7, 11) is -3.12. The molecule has 0 radical (unpaired) electrons. The molecule has 1 aliphatic carbocycles. The van der Waals surface area contributed by atoms with Crippen LogP contribution in [0.1, 0.15) is 38.5 Å². The van der Waals surface area contributed by atoms with Gasteiger partial charge in [-0.05, 0) is 25.7 Å². The van der Waals surface area contributed by atoms with E-state index >= 15 is 0 Å². The number of nitrogens with zero attached hydrogens (tertiary/aromatic N) is 1. The van der Waals surface area contributed by atoms with Gasteiger partial charge in [0.25, 0.3) is 0 Å². The van der Waals surface area contributed by atoms with Gasteiger partial charge in [-0.2, -0.15) is 0 Å². The first-order valence-electron chi connectivity index (χ1n) is 6.99. The van der Waals surface area contributed by atoms with E-state index in [0.29, 0.717) is 11.5 Å². The van der Waals surface area contributed by atoms with Gasteiger partial charge in [0.1, 0.15) is 0 Å². The molecule has 0 aromatic carbocycles. The van der Waals surface area contributed by atoms with Crippen LogP contribution in [0.3, 0.4) is 0 Å². The molecule has 0 spiro atoms. The Hall–Kier alpha value is -0.240. The monoisotopic (exact) mass is 305 g/mol. The van der Waals surface area contributed by atoms with E-state index in [2.05, 4.69) is 9.62 Å². The van der Waals surface area contributed by atoms with Gasteiger partial charge in [-0.25, -0.2) is 13.1 Å². The molecule has 2 fully saturated rings. The second-order valence-corrected chi connectivity index (χ2v) is 8.10. The maximum atomic E-state index is 12.2. The lowest BCUT2D eigenvalue weighted by Gasteiger charge is -2.32. The predicted octanol–water partition coefficient (Wildman–Crippen LogP) is 0.599. The quantitative estimate of drug-likeness (QED) is 0.728. The van der Waals surface area contributed by atoms with Gasteiger partial charge < -0.3 is 5.73 Å². The zero-order chi connectivity index (χ0) is 13.9. The Morgan fingerprint density at radius 2 is 1.79 bits per heavy atom. The first-order chi connectivity index (χ1) is 8.97. The predicted molar refractivity (Wildman–Crippen MR) is 80.6 cm³/mol. The molecule has 110 valence electrons. The fourth-order valence-electron chi connectivity index (χ4n) is 2.96. The van der Waals surface area contributed by atoms with Gasteiger partial charge in [0, 0.05) is 25.7 Å². The molecule has 0 amide bonds. The molecule has 2 rings (SSSR count). The van der Waals surface area contributed by atoms with E-state index in [1.165, 1.54) is 0 Å².